The Morgan fingerprint density at radius 2 is 1.83 bits per heavy atom. The molecular weight excluding hydrogens is 404 g/mol. The van der Waals surface area contributed by atoms with E-state index in [1.54, 1.807) is 22.8 Å². The quantitative estimate of drug-likeness (QED) is 0.364. The summed E-state index contributed by atoms with van der Waals surface area (Å²) < 4.78 is 1.66. The van der Waals surface area contributed by atoms with Crippen molar-refractivity contribution in [1.82, 2.24) is 9.55 Å². The summed E-state index contributed by atoms with van der Waals surface area (Å²) in [6, 6.07) is 12.9. The molecule has 0 saturated heterocycles. The highest BCUT2D eigenvalue weighted by molar-refractivity contribution is 7.99. The first kappa shape index (κ1) is 21.9. The van der Waals surface area contributed by atoms with Gasteiger partial charge in [-0.05, 0) is 49.6 Å². The van der Waals surface area contributed by atoms with Crippen LogP contribution in [0.4, 0.5) is 0 Å². The van der Waals surface area contributed by atoms with Gasteiger partial charge in [0.2, 0.25) is 0 Å². The van der Waals surface area contributed by atoms with Crippen molar-refractivity contribution in [3.05, 3.63) is 63.4 Å². The van der Waals surface area contributed by atoms with Crippen LogP contribution in [0.15, 0.2) is 52.4 Å². The molecule has 1 heterocycles. The van der Waals surface area contributed by atoms with E-state index in [0.29, 0.717) is 26.8 Å². The summed E-state index contributed by atoms with van der Waals surface area (Å²) in [5.74, 6) is 0.485. The van der Waals surface area contributed by atoms with E-state index in [4.69, 9.17) is 16.6 Å². The number of aliphatic hydroxyl groups is 1. The van der Waals surface area contributed by atoms with E-state index in [1.807, 2.05) is 31.2 Å². The van der Waals surface area contributed by atoms with Crippen LogP contribution in [0.1, 0.15) is 45.1 Å². The molecule has 0 fully saturated rings. The number of fused-ring (bicyclic) bond motifs is 1. The molecule has 154 valence electrons. The Bertz CT molecular complexity index is 1060. The lowest BCUT2D eigenvalue weighted by atomic mass is 9.95. The molecule has 29 heavy (non-hydrogen) atoms. The molecule has 6 heteroatoms. The van der Waals surface area contributed by atoms with Gasteiger partial charge < -0.3 is 5.11 Å². The lowest BCUT2D eigenvalue weighted by Gasteiger charge is -2.27. The number of aromatic nitrogens is 2. The fraction of sp³-hybridized carbons (Fsp3) is 0.391. The summed E-state index contributed by atoms with van der Waals surface area (Å²) in [7, 11) is 0. The molecule has 0 atom stereocenters. The molecule has 3 rings (SSSR count). The van der Waals surface area contributed by atoms with Crippen LogP contribution in [0.2, 0.25) is 5.02 Å². The first-order chi connectivity index (χ1) is 13.9. The number of hydrogen-bond donors (Lipinski definition) is 1. The SMILES string of the molecule is CCCC(O)(CCC)CSc1nc2cc(Cl)ccc2c(=O)n1-c1ccccc1C. The number of rotatable bonds is 8. The first-order valence-electron chi connectivity index (χ1n) is 10.0. The lowest BCUT2D eigenvalue weighted by Crippen LogP contribution is -2.32. The highest BCUT2D eigenvalue weighted by Gasteiger charge is 2.26. The lowest BCUT2D eigenvalue weighted by molar-refractivity contribution is 0.0455. The van der Waals surface area contributed by atoms with Crippen molar-refractivity contribution < 1.29 is 5.11 Å². The summed E-state index contributed by atoms with van der Waals surface area (Å²) in [6.07, 6.45) is 3.26. The van der Waals surface area contributed by atoms with E-state index < -0.39 is 5.60 Å². The average molecular weight is 431 g/mol. The average Bonchev–Trinajstić information content (AvgIpc) is 2.68. The number of thioether (sulfide) groups is 1. The molecule has 0 spiro atoms. The van der Waals surface area contributed by atoms with Crippen molar-refractivity contribution in [2.24, 2.45) is 0 Å². The zero-order chi connectivity index (χ0) is 21.0. The predicted molar refractivity (Wildman–Crippen MR) is 123 cm³/mol. The Hall–Kier alpha value is -1.82. The van der Waals surface area contributed by atoms with Crippen LogP contribution in [-0.2, 0) is 0 Å². The summed E-state index contributed by atoms with van der Waals surface area (Å²) in [5, 5.41) is 12.7. The molecule has 4 nitrogen and oxygen atoms in total. The molecule has 1 aromatic heterocycles. The number of para-hydroxylation sites is 1. The number of aryl methyl sites for hydroxylation is 1. The Labute approximate surface area is 180 Å². The Morgan fingerprint density at radius 3 is 2.48 bits per heavy atom. The maximum Gasteiger partial charge on any atom is 0.266 e. The molecule has 3 aromatic rings. The monoisotopic (exact) mass is 430 g/mol. The number of nitrogens with zero attached hydrogens (tertiary/aromatic N) is 2. The van der Waals surface area contributed by atoms with Gasteiger partial charge >= 0.3 is 0 Å². The third-order valence-electron chi connectivity index (χ3n) is 5.06. The maximum absolute atomic E-state index is 13.4. The van der Waals surface area contributed by atoms with Crippen molar-refractivity contribution in [3.8, 4) is 5.69 Å². The molecule has 1 N–H and O–H groups in total. The standard InChI is InChI=1S/C23H27ClN2O2S/c1-4-12-23(28,13-5-2)15-29-22-25-19-14-17(24)10-11-18(19)21(27)26(22)20-9-7-6-8-16(20)3/h6-11,14,28H,4-5,12-13,15H2,1-3H3. The minimum absolute atomic E-state index is 0.127. The van der Waals surface area contributed by atoms with Gasteiger partial charge in [0.15, 0.2) is 5.16 Å². The topological polar surface area (TPSA) is 55.1 Å². The number of hydrogen-bond acceptors (Lipinski definition) is 4. The van der Waals surface area contributed by atoms with Crippen LogP contribution in [-0.4, -0.2) is 26.0 Å². The Kier molecular flexibility index (Phi) is 7.04. The van der Waals surface area contributed by atoms with Crippen molar-refractivity contribution in [2.45, 2.75) is 57.2 Å². The van der Waals surface area contributed by atoms with Crippen molar-refractivity contribution >= 4 is 34.3 Å². The second-order valence-corrected chi connectivity index (χ2v) is 8.87. The number of benzene rings is 2. The minimum atomic E-state index is -0.772. The highest BCUT2D eigenvalue weighted by atomic mass is 35.5. The summed E-state index contributed by atoms with van der Waals surface area (Å²) >= 11 is 7.57. The summed E-state index contributed by atoms with van der Waals surface area (Å²) in [4.78, 5) is 18.2. The van der Waals surface area contributed by atoms with E-state index in [1.165, 1.54) is 11.8 Å². The van der Waals surface area contributed by atoms with Crippen molar-refractivity contribution in [3.63, 3.8) is 0 Å². The predicted octanol–water partition coefficient (Wildman–Crippen LogP) is 5.77. The number of halogens is 1. The van der Waals surface area contributed by atoms with Crippen LogP contribution in [0.3, 0.4) is 0 Å². The van der Waals surface area contributed by atoms with Crippen LogP contribution in [0, 0.1) is 6.92 Å². The highest BCUT2D eigenvalue weighted by Crippen LogP contribution is 2.30. The van der Waals surface area contributed by atoms with E-state index >= 15 is 0 Å². The van der Waals surface area contributed by atoms with Gasteiger partial charge in [-0.3, -0.25) is 9.36 Å². The molecule has 0 aliphatic rings. The van der Waals surface area contributed by atoms with E-state index in [0.717, 1.165) is 36.9 Å². The van der Waals surface area contributed by atoms with Crippen LogP contribution < -0.4 is 5.56 Å². The second-order valence-electron chi connectivity index (χ2n) is 7.50. The van der Waals surface area contributed by atoms with Gasteiger partial charge in [0, 0.05) is 10.8 Å². The normalized spacial score (nSPS) is 11.9. The van der Waals surface area contributed by atoms with Gasteiger partial charge in [-0.15, -0.1) is 0 Å². The van der Waals surface area contributed by atoms with Gasteiger partial charge in [0.1, 0.15) is 0 Å². The van der Waals surface area contributed by atoms with Crippen LogP contribution >= 0.6 is 23.4 Å². The first-order valence-corrected chi connectivity index (χ1v) is 11.4. The molecule has 2 aromatic carbocycles. The third-order valence-corrected chi connectivity index (χ3v) is 6.51. The van der Waals surface area contributed by atoms with Gasteiger partial charge in [-0.2, -0.15) is 0 Å². The molecule has 0 radical (unpaired) electrons. The molecule has 0 amide bonds. The van der Waals surface area contributed by atoms with E-state index in [-0.39, 0.29) is 5.56 Å². The van der Waals surface area contributed by atoms with Crippen molar-refractivity contribution in [2.75, 3.05) is 5.75 Å². The van der Waals surface area contributed by atoms with Gasteiger partial charge in [0.05, 0.1) is 22.2 Å². The fourth-order valence-corrected chi connectivity index (χ4v) is 4.99. The summed E-state index contributed by atoms with van der Waals surface area (Å²) in [6.45, 7) is 6.13. The maximum atomic E-state index is 13.4. The zero-order valence-corrected chi connectivity index (χ0v) is 18.7. The van der Waals surface area contributed by atoms with Crippen molar-refractivity contribution in [1.29, 1.82) is 0 Å². The van der Waals surface area contributed by atoms with Crippen LogP contribution in [0.5, 0.6) is 0 Å². The second kappa shape index (κ2) is 9.33. The minimum Gasteiger partial charge on any atom is -0.389 e. The Morgan fingerprint density at radius 1 is 1.14 bits per heavy atom. The molecule has 0 aliphatic carbocycles. The summed E-state index contributed by atoms with van der Waals surface area (Å²) in [5.41, 5.74) is 1.47. The van der Waals surface area contributed by atoms with E-state index in [9.17, 15) is 9.90 Å². The Balaban J connectivity index is 2.15. The molecule has 0 saturated carbocycles. The smallest absolute Gasteiger partial charge is 0.266 e. The molecular formula is C23H27ClN2O2S. The fourth-order valence-electron chi connectivity index (χ4n) is 3.66. The molecule has 0 unspecified atom stereocenters. The largest absolute Gasteiger partial charge is 0.389 e. The van der Waals surface area contributed by atoms with Crippen LogP contribution in [0.25, 0.3) is 16.6 Å². The van der Waals surface area contributed by atoms with Gasteiger partial charge in [0.25, 0.3) is 5.56 Å². The third kappa shape index (κ3) is 4.85. The zero-order valence-electron chi connectivity index (χ0n) is 17.1. The van der Waals surface area contributed by atoms with Gasteiger partial charge in [-0.25, -0.2) is 4.98 Å². The van der Waals surface area contributed by atoms with E-state index in [2.05, 4.69) is 13.8 Å². The molecule has 0 aliphatic heterocycles. The van der Waals surface area contributed by atoms with Gasteiger partial charge in [-0.1, -0.05) is 68.3 Å². The molecule has 0 bridgehead atoms.